The van der Waals surface area contributed by atoms with Crippen molar-refractivity contribution >= 4 is 22.9 Å². The van der Waals surface area contributed by atoms with E-state index in [1.54, 1.807) is 10.7 Å². The molecule has 1 aliphatic heterocycles. The van der Waals surface area contributed by atoms with Gasteiger partial charge in [0.25, 0.3) is 5.91 Å². The van der Waals surface area contributed by atoms with Gasteiger partial charge in [0.2, 0.25) is 0 Å². The van der Waals surface area contributed by atoms with Crippen molar-refractivity contribution in [1.82, 2.24) is 19.5 Å². The maximum Gasteiger partial charge on any atom is 0.263 e. The molecule has 0 bridgehead atoms. The van der Waals surface area contributed by atoms with Gasteiger partial charge < -0.3 is 4.90 Å². The number of rotatable bonds is 2. The highest BCUT2D eigenvalue weighted by molar-refractivity contribution is 7.12. The van der Waals surface area contributed by atoms with Crippen molar-refractivity contribution in [3.63, 3.8) is 0 Å². The van der Waals surface area contributed by atoms with Crippen molar-refractivity contribution < 1.29 is 4.79 Å². The summed E-state index contributed by atoms with van der Waals surface area (Å²) in [6.07, 6.45) is 5.65. The zero-order chi connectivity index (χ0) is 15.8. The zero-order valence-corrected chi connectivity index (χ0v) is 13.8. The summed E-state index contributed by atoms with van der Waals surface area (Å²) >= 11 is 1.54. The van der Waals surface area contributed by atoms with Crippen molar-refractivity contribution in [1.29, 1.82) is 0 Å². The van der Waals surface area contributed by atoms with E-state index in [1.165, 1.54) is 11.3 Å². The third-order valence-corrected chi connectivity index (χ3v) is 5.46. The Bertz CT molecular complexity index is 845. The van der Waals surface area contributed by atoms with Crippen LogP contribution in [0.1, 0.15) is 39.7 Å². The Balaban J connectivity index is 1.45. The number of nitrogens with zero attached hydrogens (tertiary/aromatic N) is 4. The number of fused-ring (bicyclic) bond motifs is 1. The van der Waals surface area contributed by atoms with Gasteiger partial charge in [-0.25, -0.2) is 9.50 Å². The SMILES string of the molecule is Cc1csc(C(=O)N2CCC(c3ccn4nccc4n3)CC2)c1. The maximum atomic E-state index is 12.5. The molecule has 0 N–H and O–H groups in total. The van der Waals surface area contributed by atoms with Gasteiger partial charge in [0, 0.05) is 37.0 Å². The molecule has 118 valence electrons. The Hall–Kier alpha value is -2.21. The summed E-state index contributed by atoms with van der Waals surface area (Å²) in [6.45, 7) is 3.62. The highest BCUT2D eigenvalue weighted by atomic mass is 32.1. The minimum atomic E-state index is 0.167. The molecule has 0 aliphatic carbocycles. The number of carbonyl (C=O) groups excluding carboxylic acids is 1. The summed E-state index contributed by atoms with van der Waals surface area (Å²) in [4.78, 5) is 20.0. The molecule has 1 amide bonds. The Morgan fingerprint density at radius 2 is 2.13 bits per heavy atom. The van der Waals surface area contributed by atoms with E-state index in [0.29, 0.717) is 5.92 Å². The van der Waals surface area contributed by atoms with Crippen LogP contribution in [-0.4, -0.2) is 38.5 Å². The average Bonchev–Trinajstić information content (AvgIpc) is 3.22. The smallest absolute Gasteiger partial charge is 0.263 e. The summed E-state index contributed by atoms with van der Waals surface area (Å²) in [6, 6.07) is 5.94. The Morgan fingerprint density at radius 3 is 2.87 bits per heavy atom. The summed E-state index contributed by atoms with van der Waals surface area (Å²) in [5.41, 5.74) is 3.15. The number of aryl methyl sites for hydroxylation is 1. The normalized spacial score (nSPS) is 16.1. The number of amides is 1. The van der Waals surface area contributed by atoms with Crippen LogP contribution in [0, 0.1) is 6.92 Å². The molecule has 0 aromatic carbocycles. The third kappa shape index (κ3) is 2.74. The first-order valence-electron chi connectivity index (χ1n) is 7.85. The predicted octanol–water partition coefficient (Wildman–Crippen LogP) is 3.12. The standard InChI is InChI=1S/C17H18N4OS/c1-12-10-15(23-11-12)17(22)20-7-3-13(4-8-20)14-5-9-21-16(19-14)2-6-18-21/h2,5-6,9-11,13H,3-4,7-8H2,1H3. The molecule has 1 aliphatic rings. The fourth-order valence-corrected chi connectivity index (χ4v) is 4.00. The van der Waals surface area contributed by atoms with Crippen LogP contribution in [0.25, 0.3) is 5.65 Å². The lowest BCUT2D eigenvalue weighted by Crippen LogP contribution is -2.37. The first-order chi connectivity index (χ1) is 11.2. The number of piperidine rings is 1. The monoisotopic (exact) mass is 326 g/mol. The summed E-state index contributed by atoms with van der Waals surface area (Å²) < 4.78 is 1.78. The Kier molecular flexibility index (Phi) is 3.61. The number of hydrogen-bond donors (Lipinski definition) is 0. The van der Waals surface area contributed by atoms with Crippen molar-refractivity contribution in [3.8, 4) is 0 Å². The molecule has 0 spiro atoms. The lowest BCUT2D eigenvalue weighted by atomic mass is 9.93. The van der Waals surface area contributed by atoms with Gasteiger partial charge in [0.05, 0.1) is 11.1 Å². The second-order valence-electron chi connectivity index (χ2n) is 6.04. The van der Waals surface area contributed by atoms with Gasteiger partial charge in [-0.3, -0.25) is 4.79 Å². The van der Waals surface area contributed by atoms with Crippen LogP contribution < -0.4 is 0 Å². The molecule has 0 saturated carbocycles. The molecule has 0 radical (unpaired) electrons. The summed E-state index contributed by atoms with van der Waals surface area (Å²) in [7, 11) is 0. The zero-order valence-electron chi connectivity index (χ0n) is 13.0. The molecule has 5 nitrogen and oxygen atoms in total. The quantitative estimate of drug-likeness (QED) is 0.727. The van der Waals surface area contributed by atoms with Crippen molar-refractivity contribution in [2.75, 3.05) is 13.1 Å². The van der Waals surface area contributed by atoms with Crippen molar-refractivity contribution in [2.24, 2.45) is 0 Å². The number of carbonyl (C=O) groups is 1. The Labute approximate surface area is 138 Å². The van der Waals surface area contributed by atoms with Crippen LogP contribution in [0.15, 0.2) is 36.0 Å². The number of thiophene rings is 1. The van der Waals surface area contributed by atoms with Gasteiger partial charge in [-0.05, 0) is 42.8 Å². The van der Waals surface area contributed by atoms with E-state index in [-0.39, 0.29) is 5.91 Å². The van der Waals surface area contributed by atoms with E-state index in [2.05, 4.69) is 10.1 Å². The molecular formula is C17H18N4OS. The molecule has 1 fully saturated rings. The predicted molar refractivity (Wildman–Crippen MR) is 89.9 cm³/mol. The molecule has 4 rings (SSSR count). The average molecular weight is 326 g/mol. The van der Waals surface area contributed by atoms with Gasteiger partial charge in [-0.15, -0.1) is 11.3 Å². The van der Waals surface area contributed by atoms with Gasteiger partial charge in [0.15, 0.2) is 5.65 Å². The van der Waals surface area contributed by atoms with Crippen molar-refractivity contribution in [2.45, 2.75) is 25.7 Å². The molecule has 3 aromatic rings. The van der Waals surface area contributed by atoms with Gasteiger partial charge in [-0.2, -0.15) is 5.10 Å². The fourth-order valence-electron chi connectivity index (χ4n) is 3.13. The fraction of sp³-hybridized carbons (Fsp3) is 0.353. The Morgan fingerprint density at radius 1 is 1.30 bits per heavy atom. The molecule has 0 unspecified atom stereocenters. The first-order valence-corrected chi connectivity index (χ1v) is 8.73. The molecule has 6 heteroatoms. The topological polar surface area (TPSA) is 50.5 Å². The number of aromatic nitrogens is 3. The third-order valence-electron chi connectivity index (χ3n) is 4.42. The maximum absolute atomic E-state index is 12.5. The largest absolute Gasteiger partial charge is 0.338 e. The summed E-state index contributed by atoms with van der Waals surface area (Å²) in [5, 5.41) is 6.21. The molecule has 3 aromatic heterocycles. The van der Waals surface area contributed by atoms with Crippen LogP contribution in [0.2, 0.25) is 0 Å². The van der Waals surface area contributed by atoms with Crippen molar-refractivity contribution in [3.05, 3.63) is 52.1 Å². The molecular weight excluding hydrogens is 308 g/mol. The lowest BCUT2D eigenvalue weighted by molar-refractivity contribution is 0.0717. The molecule has 23 heavy (non-hydrogen) atoms. The van der Waals surface area contributed by atoms with E-state index < -0.39 is 0 Å². The van der Waals surface area contributed by atoms with Crippen LogP contribution in [0.4, 0.5) is 0 Å². The van der Waals surface area contributed by atoms with E-state index in [0.717, 1.165) is 47.7 Å². The second kappa shape index (κ2) is 5.77. The van der Waals surface area contributed by atoms with Gasteiger partial charge in [-0.1, -0.05) is 0 Å². The minimum absolute atomic E-state index is 0.167. The minimum Gasteiger partial charge on any atom is -0.338 e. The highest BCUT2D eigenvalue weighted by Gasteiger charge is 2.26. The van der Waals surface area contributed by atoms with E-state index in [4.69, 9.17) is 0 Å². The van der Waals surface area contributed by atoms with Gasteiger partial charge in [0.1, 0.15) is 0 Å². The highest BCUT2D eigenvalue weighted by Crippen LogP contribution is 2.28. The van der Waals surface area contributed by atoms with Crippen LogP contribution in [0.3, 0.4) is 0 Å². The van der Waals surface area contributed by atoms with Crippen LogP contribution in [-0.2, 0) is 0 Å². The number of likely N-dealkylation sites (tertiary alicyclic amines) is 1. The van der Waals surface area contributed by atoms with E-state index in [9.17, 15) is 4.79 Å². The summed E-state index contributed by atoms with van der Waals surface area (Å²) in [5.74, 6) is 0.588. The van der Waals surface area contributed by atoms with Crippen LogP contribution in [0.5, 0.6) is 0 Å². The number of hydrogen-bond acceptors (Lipinski definition) is 4. The molecule has 1 saturated heterocycles. The molecule has 4 heterocycles. The van der Waals surface area contributed by atoms with Crippen LogP contribution >= 0.6 is 11.3 Å². The van der Waals surface area contributed by atoms with E-state index in [1.807, 2.05) is 41.6 Å². The van der Waals surface area contributed by atoms with Gasteiger partial charge >= 0.3 is 0 Å². The second-order valence-corrected chi connectivity index (χ2v) is 6.95. The first kappa shape index (κ1) is 14.4. The molecule has 0 atom stereocenters. The van der Waals surface area contributed by atoms with E-state index >= 15 is 0 Å². The lowest BCUT2D eigenvalue weighted by Gasteiger charge is -2.31.